The summed E-state index contributed by atoms with van der Waals surface area (Å²) in [6.45, 7) is 8.63. The van der Waals surface area contributed by atoms with Crippen molar-refractivity contribution in [1.29, 1.82) is 0 Å². The van der Waals surface area contributed by atoms with Crippen LogP contribution in [0.25, 0.3) is 0 Å². The number of Topliss-reactive ketones (excluding diaryl/α,β-unsaturated/α-hetero) is 1. The summed E-state index contributed by atoms with van der Waals surface area (Å²) in [6, 6.07) is 0. The zero-order chi connectivity index (χ0) is 22.3. The zero-order valence-corrected chi connectivity index (χ0v) is 18.4. The first-order valence-corrected chi connectivity index (χ1v) is 10.9. The van der Waals surface area contributed by atoms with E-state index in [-0.39, 0.29) is 35.7 Å². The molecule has 6 heteroatoms. The molecule has 0 radical (unpaired) electrons. The van der Waals surface area contributed by atoms with Crippen molar-refractivity contribution in [2.45, 2.75) is 77.6 Å². The van der Waals surface area contributed by atoms with Crippen LogP contribution in [-0.2, 0) is 19.1 Å². The number of allylic oxidation sites excluding steroid dienone is 2. The molecule has 0 aliphatic heterocycles. The van der Waals surface area contributed by atoms with Crippen LogP contribution in [0.15, 0.2) is 23.8 Å². The number of esters is 1. The monoisotopic (exact) mass is 416 g/mol. The standard InChI is InChI=1S/C24H32O6/c1-13-10-19-17-7-9-23(14(2)25,30-15(3)26)22(17,5)12-20(28)24(19,29)21(4)8-6-16(27)11-18(13)21/h6,8,11,13,17,19-20,28-29H,7,9-10,12H2,1-5H3/t13?,17-,19-,20?,21-,22-,23-,24-/m0/s1. The number of ketones is 2. The van der Waals surface area contributed by atoms with Gasteiger partial charge in [0.1, 0.15) is 5.60 Å². The van der Waals surface area contributed by atoms with Crippen molar-refractivity contribution in [3.63, 3.8) is 0 Å². The van der Waals surface area contributed by atoms with E-state index in [2.05, 4.69) is 0 Å². The third-order valence-corrected chi connectivity index (χ3v) is 9.06. The molecule has 2 N–H and O–H groups in total. The topological polar surface area (TPSA) is 101 Å². The van der Waals surface area contributed by atoms with Gasteiger partial charge in [0.15, 0.2) is 17.2 Å². The molecule has 0 spiro atoms. The van der Waals surface area contributed by atoms with E-state index in [1.165, 1.54) is 19.9 Å². The van der Waals surface area contributed by atoms with Crippen molar-refractivity contribution in [2.75, 3.05) is 0 Å². The third kappa shape index (κ3) is 2.35. The minimum Gasteiger partial charge on any atom is -0.451 e. The van der Waals surface area contributed by atoms with E-state index in [9.17, 15) is 24.6 Å². The Balaban J connectivity index is 1.86. The summed E-state index contributed by atoms with van der Waals surface area (Å²) in [5.74, 6) is -1.16. The van der Waals surface area contributed by atoms with Gasteiger partial charge in [0.2, 0.25) is 0 Å². The highest BCUT2D eigenvalue weighted by molar-refractivity contribution is 6.01. The Hall–Kier alpha value is -1.79. The van der Waals surface area contributed by atoms with Crippen LogP contribution in [0.5, 0.6) is 0 Å². The Labute approximate surface area is 177 Å². The summed E-state index contributed by atoms with van der Waals surface area (Å²) in [5.41, 5.74) is -3.54. The number of ether oxygens (including phenoxy) is 1. The van der Waals surface area contributed by atoms with Crippen LogP contribution in [0.4, 0.5) is 0 Å². The molecule has 3 saturated carbocycles. The second kappa shape index (κ2) is 6.36. The fourth-order valence-corrected chi connectivity index (χ4v) is 7.70. The smallest absolute Gasteiger partial charge is 0.303 e. The van der Waals surface area contributed by atoms with E-state index in [1.807, 2.05) is 20.8 Å². The van der Waals surface area contributed by atoms with Gasteiger partial charge in [-0.15, -0.1) is 0 Å². The Kier molecular flexibility index (Phi) is 4.55. The Bertz CT molecular complexity index is 888. The van der Waals surface area contributed by atoms with Gasteiger partial charge in [0.25, 0.3) is 0 Å². The molecular weight excluding hydrogens is 384 g/mol. The van der Waals surface area contributed by atoms with Crippen molar-refractivity contribution in [1.82, 2.24) is 0 Å². The van der Waals surface area contributed by atoms with Crippen molar-refractivity contribution in [2.24, 2.45) is 28.6 Å². The quantitative estimate of drug-likeness (QED) is 0.671. The van der Waals surface area contributed by atoms with Crippen LogP contribution in [0.2, 0.25) is 0 Å². The lowest BCUT2D eigenvalue weighted by Gasteiger charge is -2.65. The summed E-state index contributed by atoms with van der Waals surface area (Å²) < 4.78 is 5.72. The van der Waals surface area contributed by atoms with E-state index in [0.717, 1.165) is 5.57 Å². The molecule has 3 fully saturated rings. The number of carbonyl (C=O) groups excluding carboxylic acids is 3. The maximum Gasteiger partial charge on any atom is 0.303 e. The molecule has 8 atom stereocenters. The highest BCUT2D eigenvalue weighted by Crippen LogP contribution is 2.69. The van der Waals surface area contributed by atoms with E-state index in [0.29, 0.717) is 19.3 Å². The van der Waals surface area contributed by atoms with Crippen molar-refractivity contribution in [3.05, 3.63) is 23.8 Å². The number of rotatable bonds is 2. The number of aliphatic hydroxyl groups is 2. The molecule has 2 unspecified atom stereocenters. The van der Waals surface area contributed by atoms with Gasteiger partial charge in [-0.25, -0.2) is 0 Å². The molecule has 0 heterocycles. The Morgan fingerprint density at radius 1 is 1.20 bits per heavy atom. The molecule has 164 valence electrons. The number of aliphatic hydroxyl groups excluding tert-OH is 1. The molecule has 0 aromatic rings. The lowest BCUT2D eigenvalue weighted by molar-refractivity contribution is -0.254. The molecule has 0 bridgehead atoms. The average molecular weight is 417 g/mol. The van der Waals surface area contributed by atoms with Gasteiger partial charge < -0.3 is 14.9 Å². The average Bonchev–Trinajstić information content (AvgIpc) is 2.92. The Morgan fingerprint density at radius 3 is 2.47 bits per heavy atom. The third-order valence-electron chi connectivity index (χ3n) is 9.06. The number of carbonyl (C=O) groups is 3. The summed E-state index contributed by atoms with van der Waals surface area (Å²) >= 11 is 0. The van der Waals surface area contributed by atoms with Crippen molar-refractivity contribution in [3.8, 4) is 0 Å². The minimum atomic E-state index is -1.46. The lowest BCUT2D eigenvalue weighted by atomic mass is 9.42. The van der Waals surface area contributed by atoms with Gasteiger partial charge in [-0.05, 0) is 69.4 Å². The van der Waals surface area contributed by atoms with Gasteiger partial charge in [0, 0.05) is 17.8 Å². The molecule has 0 aromatic carbocycles. The molecule has 0 amide bonds. The van der Waals surface area contributed by atoms with E-state index in [4.69, 9.17) is 4.74 Å². The maximum absolute atomic E-state index is 12.8. The summed E-state index contributed by atoms with van der Waals surface area (Å²) in [7, 11) is 0. The molecule has 6 nitrogen and oxygen atoms in total. The zero-order valence-electron chi connectivity index (χ0n) is 18.4. The Morgan fingerprint density at radius 2 is 1.87 bits per heavy atom. The molecule has 0 saturated heterocycles. The first-order valence-electron chi connectivity index (χ1n) is 10.9. The van der Waals surface area contributed by atoms with E-state index < -0.39 is 34.1 Å². The summed E-state index contributed by atoms with van der Waals surface area (Å²) in [4.78, 5) is 36.8. The van der Waals surface area contributed by atoms with Crippen LogP contribution in [0.1, 0.15) is 60.3 Å². The van der Waals surface area contributed by atoms with E-state index >= 15 is 0 Å². The number of fused-ring (bicyclic) bond motifs is 5. The largest absolute Gasteiger partial charge is 0.451 e. The predicted octanol–water partition coefficient (Wildman–Crippen LogP) is 2.52. The molecular formula is C24H32O6. The first kappa shape index (κ1) is 21.4. The minimum absolute atomic E-state index is 0.0461. The molecule has 4 rings (SSSR count). The highest BCUT2D eigenvalue weighted by Gasteiger charge is 2.74. The van der Waals surface area contributed by atoms with Gasteiger partial charge in [-0.1, -0.05) is 25.5 Å². The van der Waals surface area contributed by atoms with Gasteiger partial charge in [-0.3, -0.25) is 14.4 Å². The van der Waals surface area contributed by atoms with Crippen LogP contribution in [-0.4, -0.2) is 45.1 Å². The van der Waals surface area contributed by atoms with Crippen LogP contribution < -0.4 is 0 Å². The fourth-order valence-electron chi connectivity index (χ4n) is 7.70. The number of hydrogen-bond acceptors (Lipinski definition) is 6. The second-order valence-electron chi connectivity index (χ2n) is 10.4. The molecule has 4 aliphatic carbocycles. The fraction of sp³-hybridized carbons (Fsp3) is 0.708. The van der Waals surface area contributed by atoms with Gasteiger partial charge >= 0.3 is 5.97 Å². The second-order valence-corrected chi connectivity index (χ2v) is 10.4. The predicted molar refractivity (Wildman–Crippen MR) is 109 cm³/mol. The lowest BCUT2D eigenvalue weighted by Crippen LogP contribution is -2.72. The van der Waals surface area contributed by atoms with Gasteiger partial charge in [0.05, 0.1) is 6.10 Å². The van der Waals surface area contributed by atoms with Crippen LogP contribution in [0, 0.1) is 28.6 Å². The highest BCUT2D eigenvalue weighted by atomic mass is 16.6. The molecule has 4 aliphatic rings. The normalized spacial score (nSPS) is 49.6. The van der Waals surface area contributed by atoms with Crippen molar-refractivity contribution >= 4 is 17.5 Å². The first-order chi connectivity index (χ1) is 13.8. The number of hydrogen-bond donors (Lipinski definition) is 2. The van der Waals surface area contributed by atoms with Crippen molar-refractivity contribution < 1.29 is 29.3 Å². The van der Waals surface area contributed by atoms with E-state index in [1.54, 1.807) is 12.2 Å². The van der Waals surface area contributed by atoms with Crippen LogP contribution in [0.3, 0.4) is 0 Å². The van der Waals surface area contributed by atoms with Crippen LogP contribution >= 0.6 is 0 Å². The maximum atomic E-state index is 12.8. The molecule has 30 heavy (non-hydrogen) atoms. The van der Waals surface area contributed by atoms with Gasteiger partial charge in [-0.2, -0.15) is 0 Å². The summed E-state index contributed by atoms with van der Waals surface area (Å²) in [6.07, 6.45) is 5.48. The summed E-state index contributed by atoms with van der Waals surface area (Å²) in [5, 5.41) is 23.6. The molecule has 0 aromatic heterocycles. The SMILES string of the molecule is CC(=O)O[C@]1(C(C)=O)CC[C@H]2[C@@H]3CC(C)C4=CC(=O)C=C[C@]4(C)[C@@]3(O)C(O)C[C@@]21C.